The number of rotatable bonds is 2. The maximum atomic E-state index is 11.1. The number of ether oxygens (including phenoxy) is 1. The fourth-order valence-electron chi connectivity index (χ4n) is 1.87. The van der Waals surface area contributed by atoms with Crippen LogP contribution in [0, 0.1) is 0 Å². The molecule has 1 fully saturated rings. The van der Waals surface area contributed by atoms with E-state index in [1.165, 1.54) is 12.1 Å². The van der Waals surface area contributed by atoms with Crippen molar-refractivity contribution in [2.24, 2.45) is 0 Å². The molecule has 5 nitrogen and oxygen atoms in total. The molecule has 1 heterocycles. The van der Waals surface area contributed by atoms with Gasteiger partial charge in [0.1, 0.15) is 5.75 Å². The van der Waals surface area contributed by atoms with Gasteiger partial charge in [-0.05, 0) is 28.1 Å². The van der Waals surface area contributed by atoms with Crippen LogP contribution in [0.1, 0.15) is 22.0 Å². The largest absolute Gasteiger partial charge is 0.506 e. The SMILES string of the molecule is O=C(O)c1ccc(Br)c(O)c1[C@@H]1COCCN1. The van der Waals surface area contributed by atoms with Gasteiger partial charge >= 0.3 is 5.97 Å². The van der Waals surface area contributed by atoms with E-state index in [9.17, 15) is 9.90 Å². The second kappa shape index (κ2) is 5.03. The first-order valence-electron chi connectivity index (χ1n) is 5.17. The second-order valence-electron chi connectivity index (χ2n) is 3.74. The van der Waals surface area contributed by atoms with Crippen molar-refractivity contribution in [3.63, 3.8) is 0 Å². The third-order valence-corrected chi connectivity index (χ3v) is 3.31. The number of aromatic carboxylic acids is 1. The highest BCUT2D eigenvalue weighted by Gasteiger charge is 2.25. The zero-order valence-corrected chi connectivity index (χ0v) is 10.5. The number of carboxylic acid groups (broad SMARTS) is 1. The van der Waals surface area contributed by atoms with Crippen LogP contribution in [0.5, 0.6) is 5.75 Å². The molecule has 0 aromatic heterocycles. The van der Waals surface area contributed by atoms with Gasteiger partial charge in [0.05, 0.1) is 29.3 Å². The van der Waals surface area contributed by atoms with E-state index in [0.717, 1.165) is 0 Å². The summed E-state index contributed by atoms with van der Waals surface area (Å²) in [6.45, 7) is 1.58. The Labute approximate surface area is 107 Å². The second-order valence-corrected chi connectivity index (χ2v) is 4.60. The van der Waals surface area contributed by atoms with Crippen molar-refractivity contribution < 1.29 is 19.7 Å². The molecule has 0 radical (unpaired) electrons. The van der Waals surface area contributed by atoms with Crippen LogP contribution in [-0.2, 0) is 4.74 Å². The number of hydrogen-bond donors (Lipinski definition) is 3. The van der Waals surface area contributed by atoms with Gasteiger partial charge in [-0.1, -0.05) is 0 Å². The Hall–Kier alpha value is -1.11. The Kier molecular flexibility index (Phi) is 3.66. The monoisotopic (exact) mass is 301 g/mol. The number of hydrogen-bond acceptors (Lipinski definition) is 4. The van der Waals surface area contributed by atoms with Gasteiger partial charge in [0.15, 0.2) is 0 Å². The number of halogens is 1. The molecule has 0 spiro atoms. The van der Waals surface area contributed by atoms with Gasteiger partial charge in [0.2, 0.25) is 0 Å². The summed E-state index contributed by atoms with van der Waals surface area (Å²) in [5.74, 6) is -1.11. The van der Waals surface area contributed by atoms with Crippen LogP contribution >= 0.6 is 15.9 Å². The average Bonchev–Trinajstić information content (AvgIpc) is 2.33. The summed E-state index contributed by atoms with van der Waals surface area (Å²) in [6.07, 6.45) is 0. The first-order chi connectivity index (χ1) is 8.11. The first kappa shape index (κ1) is 12.3. The highest BCUT2D eigenvalue weighted by atomic mass is 79.9. The van der Waals surface area contributed by atoms with E-state index in [1.807, 2.05) is 0 Å². The molecule has 92 valence electrons. The average molecular weight is 302 g/mol. The normalized spacial score (nSPS) is 20.2. The number of nitrogens with one attached hydrogen (secondary N) is 1. The highest BCUT2D eigenvalue weighted by molar-refractivity contribution is 9.10. The molecule has 0 aliphatic carbocycles. The summed E-state index contributed by atoms with van der Waals surface area (Å²) >= 11 is 3.18. The molecule has 2 rings (SSSR count). The molecule has 0 saturated carbocycles. The van der Waals surface area contributed by atoms with Gasteiger partial charge in [-0.25, -0.2) is 4.79 Å². The molecule has 0 unspecified atom stereocenters. The quantitative estimate of drug-likeness (QED) is 0.772. The maximum Gasteiger partial charge on any atom is 0.336 e. The molecule has 1 atom stereocenters. The standard InChI is InChI=1S/C11H12BrNO4/c12-7-2-1-6(11(15)16)9(10(7)14)8-5-17-4-3-13-8/h1-2,8,13-14H,3-5H2,(H,15,16)/t8-/m0/s1. The van der Waals surface area contributed by atoms with Crippen LogP contribution in [0.25, 0.3) is 0 Å². The van der Waals surface area contributed by atoms with Gasteiger partial charge in [-0.3, -0.25) is 0 Å². The van der Waals surface area contributed by atoms with Gasteiger partial charge in [0.25, 0.3) is 0 Å². The molecule has 1 aliphatic rings. The van der Waals surface area contributed by atoms with Crippen molar-refractivity contribution in [3.05, 3.63) is 27.7 Å². The number of phenolic OH excluding ortho intramolecular Hbond substituents is 1. The lowest BCUT2D eigenvalue weighted by molar-refractivity contribution is 0.0669. The van der Waals surface area contributed by atoms with Crippen LogP contribution < -0.4 is 5.32 Å². The molecule has 0 amide bonds. The fourth-order valence-corrected chi connectivity index (χ4v) is 2.22. The minimum atomic E-state index is -1.06. The predicted molar refractivity (Wildman–Crippen MR) is 64.3 cm³/mol. The van der Waals surface area contributed by atoms with Gasteiger partial charge < -0.3 is 20.3 Å². The van der Waals surface area contributed by atoms with Gasteiger partial charge in [-0.15, -0.1) is 0 Å². The summed E-state index contributed by atoms with van der Waals surface area (Å²) in [5, 5.41) is 22.2. The lowest BCUT2D eigenvalue weighted by Gasteiger charge is -2.26. The van der Waals surface area contributed by atoms with E-state index in [2.05, 4.69) is 21.2 Å². The topological polar surface area (TPSA) is 78.8 Å². The molecule has 1 aromatic carbocycles. The van der Waals surface area contributed by atoms with Crippen molar-refractivity contribution >= 4 is 21.9 Å². The lowest BCUT2D eigenvalue weighted by atomic mass is 9.99. The smallest absolute Gasteiger partial charge is 0.336 e. The molecule has 1 aliphatic heterocycles. The molecular weight excluding hydrogens is 290 g/mol. The first-order valence-corrected chi connectivity index (χ1v) is 5.96. The number of aromatic hydroxyl groups is 1. The van der Waals surface area contributed by atoms with Crippen molar-refractivity contribution in [1.82, 2.24) is 5.32 Å². The van der Waals surface area contributed by atoms with E-state index in [0.29, 0.717) is 29.8 Å². The highest BCUT2D eigenvalue weighted by Crippen LogP contribution is 2.35. The van der Waals surface area contributed by atoms with Crippen LogP contribution in [0.4, 0.5) is 0 Å². The molecule has 0 bridgehead atoms. The number of carboxylic acids is 1. The zero-order chi connectivity index (χ0) is 12.4. The summed E-state index contributed by atoms with van der Waals surface area (Å²) in [5.41, 5.74) is 0.459. The Bertz CT molecular complexity index is 443. The summed E-state index contributed by atoms with van der Waals surface area (Å²) < 4.78 is 5.76. The number of morpholine rings is 1. The van der Waals surface area contributed by atoms with E-state index in [-0.39, 0.29) is 17.4 Å². The van der Waals surface area contributed by atoms with E-state index >= 15 is 0 Å². The number of phenols is 1. The summed E-state index contributed by atoms with van der Waals surface area (Å²) in [7, 11) is 0. The van der Waals surface area contributed by atoms with E-state index in [4.69, 9.17) is 9.84 Å². The molecule has 6 heteroatoms. The minimum absolute atomic E-state index is 0.0482. The molecular formula is C11H12BrNO4. The van der Waals surface area contributed by atoms with Crippen molar-refractivity contribution in [1.29, 1.82) is 0 Å². The van der Waals surface area contributed by atoms with Crippen molar-refractivity contribution in [2.75, 3.05) is 19.8 Å². The third-order valence-electron chi connectivity index (χ3n) is 2.67. The minimum Gasteiger partial charge on any atom is -0.506 e. The summed E-state index contributed by atoms with van der Waals surface area (Å²) in [4.78, 5) is 11.1. The van der Waals surface area contributed by atoms with Crippen LogP contribution in [0.15, 0.2) is 16.6 Å². The number of carbonyl (C=O) groups is 1. The maximum absolute atomic E-state index is 11.1. The van der Waals surface area contributed by atoms with Crippen LogP contribution in [-0.4, -0.2) is 35.9 Å². The van der Waals surface area contributed by atoms with Gasteiger partial charge in [0, 0.05) is 12.1 Å². The molecule has 1 aromatic rings. The van der Waals surface area contributed by atoms with E-state index in [1.54, 1.807) is 0 Å². The van der Waals surface area contributed by atoms with E-state index < -0.39 is 5.97 Å². The molecule has 17 heavy (non-hydrogen) atoms. The Morgan fingerprint density at radius 2 is 2.29 bits per heavy atom. The van der Waals surface area contributed by atoms with Crippen molar-refractivity contribution in [2.45, 2.75) is 6.04 Å². The Morgan fingerprint density at radius 1 is 1.53 bits per heavy atom. The zero-order valence-electron chi connectivity index (χ0n) is 8.94. The number of benzene rings is 1. The molecule has 3 N–H and O–H groups in total. The lowest BCUT2D eigenvalue weighted by Crippen LogP contribution is -2.35. The predicted octanol–water partition coefficient (Wildman–Crippen LogP) is 1.51. The van der Waals surface area contributed by atoms with Gasteiger partial charge in [-0.2, -0.15) is 0 Å². The van der Waals surface area contributed by atoms with Crippen molar-refractivity contribution in [3.8, 4) is 5.75 Å². The Balaban J connectivity index is 2.48. The molecule has 1 saturated heterocycles. The fraction of sp³-hybridized carbons (Fsp3) is 0.364. The third kappa shape index (κ3) is 2.43. The van der Waals surface area contributed by atoms with Crippen LogP contribution in [0.3, 0.4) is 0 Å². The Morgan fingerprint density at radius 3 is 2.88 bits per heavy atom. The summed E-state index contributed by atoms with van der Waals surface area (Å²) in [6, 6.07) is 2.69. The van der Waals surface area contributed by atoms with Crippen LogP contribution in [0.2, 0.25) is 0 Å².